The maximum atomic E-state index is 12.3. The lowest BCUT2D eigenvalue weighted by molar-refractivity contribution is -0.136. The number of hydrogen-bond acceptors (Lipinski definition) is 4. The number of likely N-dealkylation sites (tertiary alicyclic amines) is 1. The second-order valence-corrected chi connectivity index (χ2v) is 9.83. The van der Waals surface area contributed by atoms with Gasteiger partial charge in [-0.3, -0.25) is 14.4 Å². The van der Waals surface area contributed by atoms with Crippen molar-refractivity contribution in [2.75, 3.05) is 36.4 Å². The molecule has 1 aromatic rings. The zero-order valence-electron chi connectivity index (χ0n) is 19.8. The number of carbonyl (C=O) groups is 4. The van der Waals surface area contributed by atoms with Crippen LogP contribution >= 0.6 is 0 Å². The number of anilines is 2. The molecule has 0 spiro atoms. The Morgan fingerprint density at radius 1 is 1.03 bits per heavy atom. The molecule has 180 valence electrons. The van der Waals surface area contributed by atoms with E-state index in [1.54, 1.807) is 28.0 Å². The second-order valence-electron chi connectivity index (χ2n) is 9.83. The molecule has 0 atom stereocenters. The van der Waals surface area contributed by atoms with Crippen molar-refractivity contribution in [2.24, 2.45) is 5.92 Å². The number of carbonyl (C=O) groups excluding carboxylic acids is 4. The first-order valence-electron chi connectivity index (χ1n) is 11.7. The Bertz CT molecular complexity index is 887. The number of amides is 5. The van der Waals surface area contributed by atoms with Crippen molar-refractivity contribution in [3.63, 3.8) is 0 Å². The molecule has 9 heteroatoms. The monoisotopic (exact) mass is 457 g/mol. The number of nitrogens with one attached hydrogen (secondary N) is 3. The summed E-state index contributed by atoms with van der Waals surface area (Å²) < 4.78 is 0. The first kappa shape index (κ1) is 24.5. The van der Waals surface area contributed by atoms with Gasteiger partial charge in [0.2, 0.25) is 5.91 Å². The molecule has 0 bridgehead atoms. The average Bonchev–Trinajstić information content (AvgIpc) is 2.77. The molecule has 3 rings (SSSR count). The van der Waals surface area contributed by atoms with Crippen molar-refractivity contribution in [2.45, 2.75) is 58.4 Å². The van der Waals surface area contributed by atoms with E-state index in [1.165, 1.54) is 0 Å². The fraction of sp³-hybridized carbons (Fsp3) is 0.583. The van der Waals surface area contributed by atoms with E-state index in [1.807, 2.05) is 26.8 Å². The predicted molar refractivity (Wildman–Crippen MR) is 127 cm³/mol. The van der Waals surface area contributed by atoms with Crippen molar-refractivity contribution in [1.82, 2.24) is 15.5 Å². The van der Waals surface area contributed by atoms with Crippen LogP contribution in [0.5, 0.6) is 0 Å². The summed E-state index contributed by atoms with van der Waals surface area (Å²) in [6, 6.07) is 6.92. The first-order valence-corrected chi connectivity index (χ1v) is 11.7. The minimum Gasteiger partial charge on any atom is -0.348 e. The quantitative estimate of drug-likeness (QED) is 0.603. The summed E-state index contributed by atoms with van der Waals surface area (Å²) in [6.45, 7) is 8.13. The molecule has 3 N–H and O–H groups in total. The molecule has 1 aromatic carbocycles. The number of nitrogens with zero attached hydrogens (tertiary/aromatic N) is 2. The maximum absolute atomic E-state index is 12.3. The van der Waals surface area contributed by atoms with Gasteiger partial charge in [0.1, 0.15) is 0 Å². The predicted octanol–water partition coefficient (Wildman–Crippen LogP) is 2.48. The lowest BCUT2D eigenvalue weighted by Crippen LogP contribution is -2.51. The van der Waals surface area contributed by atoms with Gasteiger partial charge in [0.05, 0.1) is 0 Å². The molecule has 2 fully saturated rings. The first-order chi connectivity index (χ1) is 15.6. The number of hydrogen-bond donors (Lipinski definition) is 3. The molecule has 2 aliphatic rings. The van der Waals surface area contributed by atoms with Gasteiger partial charge in [-0.25, -0.2) is 4.79 Å². The van der Waals surface area contributed by atoms with E-state index in [2.05, 4.69) is 16.0 Å². The second kappa shape index (κ2) is 10.7. The Kier molecular flexibility index (Phi) is 7.94. The zero-order valence-corrected chi connectivity index (χ0v) is 19.8. The van der Waals surface area contributed by atoms with Crippen molar-refractivity contribution < 1.29 is 19.2 Å². The van der Waals surface area contributed by atoms with E-state index in [4.69, 9.17) is 0 Å². The smallest absolute Gasteiger partial charge is 0.317 e. The topological polar surface area (TPSA) is 111 Å². The van der Waals surface area contributed by atoms with Gasteiger partial charge in [-0.05, 0) is 70.6 Å². The Morgan fingerprint density at radius 3 is 2.42 bits per heavy atom. The fourth-order valence-electron chi connectivity index (χ4n) is 4.08. The van der Waals surface area contributed by atoms with E-state index in [-0.39, 0.29) is 23.4 Å². The third-order valence-corrected chi connectivity index (χ3v) is 5.88. The van der Waals surface area contributed by atoms with Gasteiger partial charge in [0, 0.05) is 49.5 Å². The van der Waals surface area contributed by atoms with Crippen molar-refractivity contribution in [3.8, 4) is 0 Å². The van der Waals surface area contributed by atoms with Gasteiger partial charge >= 0.3 is 17.8 Å². The molecule has 5 amide bonds. The van der Waals surface area contributed by atoms with Gasteiger partial charge in [-0.15, -0.1) is 0 Å². The van der Waals surface area contributed by atoms with Crippen LogP contribution in [-0.4, -0.2) is 60.4 Å². The number of rotatable bonds is 4. The van der Waals surface area contributed by atoms with E-state index in [9.17, 15) is 19.2 Å². The molecule has 0 radical (unpaired) electrons. The number of benzene rings is 1. The van der Waals surface area contributed by atoms with Crippen LogP contribution in [0.3, 0.4) is 0 Å². The van der Waals surface area contributed by atoms with Crippen LogP contribution < -0.4 is 20.9 Å². The summed E-state index contributed by atoms with van der Waals surface area (Å²) in [5.74, 6) is -1.14. The largest absolute Gasteiger partial charge is 0.348 e. The van der Waals surface area contributed by atoms with E-state index >= 15 is 0 Å². The van der Waals surface area contributed by atoms with Gasteiger partial charge in [-0.1, -0.05) is 6.07 Å². The molecule has 9 nitrogen and oxygen atoms in total. The van der Waals surface area contributed by atoms with E-state index in [0.717, 1.165) is 31.4 Å². The minimum atomic E-state index is -0.737. The highest BCUT2D eigenvalue weighted by Crippen LogP contribution is 2.24. The fourth-order valence-corrected chi connectivity index (χ4v) is 4.08. The van der Waals surface area contributed by atoms with Crippen LogP contribution in [-0.2, 0) is 14.4 Å². The van der Waals surface area contributed by atoms with Crippen LogP contribution in [0.25, 0.3) is 0 Å². The summed E-state index contributed by atoms with van der Waals surface area (Å²) in [6.07, 6.45) is 3.91. The van der Waals surface area contributed by atoms with Gasteiger partial charge in [0.25, 0.3) is 0 Å². The summed E-state index contributed by atoms with van der Waals surface area (Å²) in [7, 11) is 0. The molecule has 0 aromatic heterocycles. The van der Waals surface area contributed by atoms with Crippen molar-refractivity contribution in [1.29, 1.82) is 0 Å². The van der Waals surface area contributed by atoms with Crippen LogP contribution in [0.1, 0.15) is 52.9 Å². The van der Waals surface area contributed by atoms with Crippen LogP contribution in [0.2, 0.25) is 0 Å². The van der Waals surface area contributed by atoms with E-state index < -0.39 is 11.8 Å². The molecular weight excluding hydrogens is 422 g/mol. The summed E-state index contributed by atoms with van der Waals surface area (Å²) in [4.78, 5) is 52.5. The summed E-state index contributed by atoms with van der Waals surface area (Å²) in [5, 5.41) is 8.28. The molecule has 0 aliphatic carbocycles. The third-order valence-electron chi connectivity index (χ3n) is 5.88. The lowest BCUT2D eigenvalue weighted by atomic mass is 9.97. The number of piperidine rings is 2. The average molecular weight is 458 g/mol. The van der Waals surface area contributed by atoms with Crippen molar-refractivity contribution in [3.05, 3.63) is 24.3 Å². The van der Waals surface area contributed by atoms with Crippen molar-refractivity contribution >= 4 is 35.1 Å². The Balaban J connectivity index is 1.43. The Labute approximate surface area is 195 Å². The van der Waals surface area contributed by atoms with Crippen LogP contribution in [0.15, 0.2) is 24.3 Å². The highest BCUT2D eigenvalue weighted by molar-refractivity contribution is 6.39. The molecule has 2 aliphatic heterocycles. The van der Waals surface area contributed by atoms with Crippen LogP contribution in [0, 0.1) is 5.92 Å². The normalized spacial score (nSPS) is 17.5. The molecule has 2 saturated heterocycles. The molecular formula is C24H35N5O4. The van der Waals surface area contributed by atoms with Gasteiger partial charge in [0.15, 0.2) is 0 Å². The zero-order chi connectivity index (χ0) is 24.0. The standard InChI is InChI=1S/C24H35N5O4/c1-24(2,3)27-23(33)28-13-10-17(11-14-28)16-25-21(31)22(32)26-18-7-6-8-19(15-18)29-12-5-4-9-20(29)30/h6-8,15,17H,4-5,9-14,16H2,1-3H3,(H,25,31)(H,26,32)(H,27,33). The molecule has 2 heterocycles. The Morgan fingerprint density at radius 2 is 1.76 bits per heavy atom. The summed E-state index contributed by atoms with van der Waals surface area (Å²) in [5.41, 5.74) is 0.919. The molecule has 33 heavy (non-hydrogen) atoms. The highest BCUT2D eigenvalue weighted by Gasteiger charge is 2.26. The molecule has 0 saturated carbocycles. The lowest BCUT2D eigenvalue weighted by Gasteiger charge is -2.34. The van der Waals surface area contributed by atoms with Gasteiger partial charge < -0.3 is 25.8 Å². The minimum absolute atomic E-state index is 0.0714. The molecule has 0 unspecified atom stereocenters. The van der Waals surface area contributed by atoms with Gasteiger partial charge in [-0.2, -0.15) is 0 Å². The summed E-state index contributed by atoms with van der Waals surface area (Å²) >= 11 is 0. The van der Waals surface area contributed by atoms with E-state index in [0.29, 0.717) is 38.3 Å². The maximum Gasteiger partial charge on any atom is 0.317 e. The van der Waals surface area contributed by atoms with Crippen LogP contribution in [0.4, 0.5) is 16.2 Å². The Hall–Kier alpha value is -3.10. The third kappa shape index (κ3) is 7.20. The SMILES string of the molecule is CC(C)(C)NC(=O)N1CCC(CNC(=O)C(=O)Nc2cccc(N3CCCCC3=O)c2)CC1. The highest BCUT2D eigenvalue weighted by atomic mass is 16.2. The number of urea groups is 1.